The van der Waals surface area contributed by atoms with Crippen LogP contribution in [0.4, 0.5) is 17.2 Å². The number of hydrogen-bond donors (Lipinski definition) is 1. The highest BCUT2D eigenvalue weighted by Gasteiger charge is 2.26. The monoisotopic (exact) mass is 511 g/mol. The van der Waals surface area contributed by atoms with Crippen molar-refractivity contribution in [2.45, 2.75) is 0 Å². The number of aromatic nitrogens is 2. The molecule has 9 heteroatoms. The number of nitrogens with one attached hydrogen (secondary N) is 1. The van der Waals surface area contributed by atoms with E-state index >= 15 is 0 Å². The molecular formula is C29H29N5O4. The zero-order valence-electron chi connectivity index (χ0n) is 21.5. The first-order chi connectivity index (χ1) is 18.5. The number of fused-ring (bicyclic) bond motifs is 3. The topological polar surface area (TPSA) is 89.0 Å². The third kappa shape index (κ3) is 5.52. The standard InChI is InChI=1S/C29H29N5O4/c1-33(2)15-5-8-26(35)34-16-17-37-28-25(34)14-13-24-27(28)29(31-19-30-24)32-20-9-11-21(12-10-20)38-23-7-4-6-22(18-23)36-3/h4-14,18-19H,15-17H2,1-3H3,(H,30,31,32)/b8-5+. The fraction of sp³-hybridized carbons (Fsp3) is 0.207. The molecule has 5 rings (SSSR count). The van der Waals surface area contributed by atoms with E-state index in [4.69, 9.17) is 14.2 Å². The molecule has 1 N–H and O–H groups in total. The van der Waals surface area contributed by atoms with Crippen molar-refractivity contribution in [3.05, 3.63) is 79.1 Å². The minimum absolute atomic E-state index is 0.0891. The number of anilines is 3. The summed E-state index contributed by atoms with van der Waals surface area (Å²) >= 11 is 0. The van der Waals surface area contributed by atoms with Crippen LogP contribution in [-0.4, -0.2) is 61.7 Å². The van der Waals surface area contributed by atoms with E-state index in [1.54, 1.807) is 18.1 Å². The Kier molecular flexibility index (Phi) is 7.37. The second kappa shape index (κ2) is 11.2. The van der Waals surface area contributed by atoms with Gasteiger partial charge in [-0.3, -0.25) is 4.79 Å². The Bertz CT molecular complexity index is 1470. The van der Waals surface area contributed by atoms with Crippen LogP contribution < -0.4 is 24.4 Å². The van der Waals surface area contributed by atoms with Gasteiger partial charge in [0.05, 0.1) is 30.2 Å². The molecule has 0 bridgehead atoms. The van der Waals surface area contributed by atoms with E-state index in [9.17, 15) is 4.79 Å². The Morgan fingerprint density at radius 3 is 2.68 bits per heavy atom. The third-order valence-electron chi connectivity index (χ3n) is 5.98. The lowest BCUT2D eigenvalue weighted by atomic mass is 10.1. The van der Waals surface area contributed by atoms with Crippen LogP contribution in [0.25, 0.3) is 10.9 Å². The Morgan fingerprint density at radius 1 is 1.08 bits per heavy atom. The quantitative estimate of drug-likeness (QED) is 0.330. The fourth-order valence-electron chi connectivity index (χ4n) is 4.15. The summed E-state index contributed by atoms with van der Waals surface area (Å²) < 4.78 is 17.3. The summed E-state index contributed by atoms with van der Waals surface area (Å²) in [7, 11) is 5.54. The van der Waals surface area contributed by atoms with Gasteiger partial charge in [-0.05, 0) is 62.6 Å². The molecule has 0 spiro atoms. The molecule has 4 aromatic rings. The number of methoxy groups -OCH3 is 1. The molecule has 1 aliphatic rings. The van der Waals surface area contributed by atoms with E-state index in [0.717, 1.165) is 22.3 Å². The highest BCUT2D eigenvalue weighted by atomic mass is 16.5. The van der Waals surface area contributed by atoms with Crippen molar-refractivity contribution < 1.29 is 19.0 Å². The van der Waals surface area contributed by atoms with E-state index in [1.807, 2.05) is 85.7 Å². The molecule has 0 saturated heterocycles. The van der Waals surface area contributed by atoms with Crippen LogP contribution in [0.2, 0.25) is 0 Å². The summed E-state index contributed by atoms with van der Waals surface area (Å²) in [5.74, 6) is 3.19. The molecule has 1 aromatic heterocycles. The smallest absolute Gasteiger partial charge is 0.250 e. The van der Waals surface area contributed by atoms with Gasteiger partial charge >= 0.3 is 0 Å². The van der Waals surface area contributed by atoms with Gasteiger partial charge in [0.25, 0.3) is 5.91 Å². The van der Waals surface area contributed by atoms with Crippen molar-refractivity contribution in [2.24, 2.45) is 0 Å². The summed E-state index contributed by atoms with van der Waals surface area (Å²) in [6.45, 7) is 1.53. The van der Waals surface area contributed by atoms with Gasteiger partial charge in [-0.1, -0.05) is 12.1 Å². The number of rotatable bonds is 8. The largest absolute Gasteiger partial charge is 0.497 e. The molecule has 3 aromatic carbocycles. The number of carbonyl (C=O) groups excluding carboxylic acids is 1. The molecule has 38 heavy (non-hydrogen) atoms. The van der Waals surface area contributed by atoms with E-state index in [1.165, 1.54) is 6.33 Å². The first kappa shape index (κ1) is 25.0. The zero-order valence-corrected chi connectivity index (χ0v) is 21.5. The minimum atomic E-state index is -0.0891. The second-order valence-corrected chi connectivity index (χ2v) is 8.96. The number of carbonyl (C=O) groups is 1. The van der Waals surface area contributed by atoms with E-state index in [-0.39, 0.29) is 5.91 Å². The summed E-state index contributed by atoms with van der Waals surface area (Å²) in [6.07, 6.45) is 4.97. The minimum Gasteiger partial charge on any atom is -0.497 e. The van der Waals surface area contributed by atoms with Crippen molar-refractivity contribution in [3.63, 3.8) is 0 Å². The number of ether oxygens (including phenoxy) is 3. The fourth-order valence-corrected chi connectivity index (χ4v) is 4.15. The van der Waals surface area contributed by atoms with Gasteiger partial charge in [0.2, 0.25) is 0 Å². The van der Waals surface area contributed by atoms with Gasteiger partial charge in [0.1, 0.15) is 36.0 Å². The zero-order chi connectivity index (χ0) is 26.5. The number of amides is 1. The molecule has 2 heterocycles. The Labute approximate surface area is 221 Å². The predicted molar refractivity (Wildman–Crippen MR) is 148 cm³/mol. The molecule has 1 aliphatic heterocycles. The van der Waals surface area contributed by atoms with Crippen LogP contribution in [0.5, 0.6) is 23.0 Å². The Hall–Kier alpha value is -4.63. The lowest BCUT2D eigenvalue weighted by Gasteiger charge is -2.30. The molecule has 0 atom stereocenters. The Morgan fingerprint density at radius 2 is 1.89 bits per heavy atom. The Balaban J connectivity index is 1.40. The number of benzene rings is 3. The highest BCUT2D eigenvalue weighted by molar-refractivity contribution is 6.07. The van der Waals surface area contributed by atoms with Crippen LogP contribution in [-0.2, 0) is 4.79 Å². The lowest BCUT2D eigenvalue weighted by molar-refractivity contribution is -0.114. The molecular weight excluding hydrogens is 482 g/mol. The molecule has 0 unspecified atom stereocenters. The van der Waals surface area contributed by atoms with Crippen molar-refractivity contribution in [3.8, 4) is 23.0 Å². The normalized spacial score (nSPS) is 12.9. The molecule has 0 fully saturated rings. The first-order valence-corrected chi connectivity index (χ1v) is 12.2. The van der Waals surface area contributed by atoms with Crippen molar-refractivity contribution >= 4 is 34.0 Å². The lowest BCUT2D eigenvalue weighted by Crippen LogP contribution is -2.37. The first-order valence-electron chi connectivity index (χ1n) is 12.2. The van der Waals surface area contributed by atoms with E-state index < -0.39 is 0 Å². The van der Waals surface area contributed by atoms with Gasteiger partial charge < -0.3 is 29.3 Å². The van der Waals surface area contributed by atoms with Gasteiger partial charge in [-0.25, -0.2) is 9.97 Å². The highest BCUT2D eigenvalue weighted by Crippen LogP contribution is 2.41. The van der Waals surface area contributed by atoms with Crippen LogP contribution in [0.1, 0.15) is 0 Å². The third-order valence-corrected chi connectivity index (χ3v) is 5.98. The van der Waals surface area contributed by atoms with Gasteiger partial charge in [0, 0.05) is 24.4 Å². The number of nitrogens with zero attached hydrogens (tertiary/aromatic N) is 4. The van der Waals surface area contributed by atoms with E-state index in [0.29, 0.717) is 48.5 Å². The summed E-state index contributed by atoms with van der Waals surface area (Å²) in [6, 6.07) is 18.8. The second-order valence-electron chi connectivity index (χ2n) is 8.96. The molecule has 1 amide bonds. The molecule has 194 valence electrons. The predicted octanol–water partition coefficient (Wildman–Crippen LogP) is 5.02. The summed E-state index contributed by atoms with van der Waals surface area (Å²) in [4.78, 5) is 25.6. The molecule has 0 saturated carbocycles. The van der Waals surface area contributed by atoms with Crippen molar-refractivity contribution in [2.75, 3.05) is 51.1 Å². The van der Waals surface area contributed by atoms with Gasteiger partial charge in [-0.2, -0.15) is 0 Å². The maximum absolute atomic E-state index is 13.0. The van der Waals surface area contributed by atoms with Crippen LogP contribution in [0.15, 0.2) is 79.1 Å². The average Bonchev–Trinajstić information content (AvgIpc) is 2.93. The van der Waals surface area contributed by atoms with E-state index in [2.05, 4.69) is 15.3 Å². The van der Waals surface area contributed by atoms with Gasteiger partial charge in [-0.15, -0.1) is 0 Å². The van der Waals surface area contributed by atoms with Crippen LogP contribution in [0, 0.1) is 0 Å². The molecule has 0 radical (unpaired) electrons. The SMILES string of the molecule is COc1cccc(Oc2ccc(Nc3ncnc4ccc5c(c34)OCCN5C(=O)/C=C/CN(C)C)cc2)c1. The van der Waals surface area contributed by atoms with Crippen molar-refractivity contribution in [1.82, 2.24) is 14.9 Å². The maximum Gasteiger partial charge on any atom is 0.250 e. The van der Waals surface area contributed by atoms with Crippen LogP contribution in [0.3, 0.4) is 0 Å². The van der Waals surface area contributed by atoms with Crippen LogP contribution >= 0.6 is 0 Å². The number of hydrogen-bond acceptors (Lipinski definition) is 8. The average molecular weight is 512 g/mol. The summed E-state index contributed by atoms with van der Waals surface area (Å²) in [5.41, 5.74) is 2.23. The van der Waals surface area contributed by atoms with Gasteiger partial charge in [0.15, 0.2) is 5.75 Å². The maximum atomic E-state index is 13.0. The number of likely N-dealkylation sites (N-methyl/N-ethyl adjacent to an activating group) is 1. The molecule has 0 aliphatic carbocycles. The molecule has 9 nitrogen and oxygen atoms in total. The van der Waals surface area contributed by atoms with Crippen molar-refractivity contribution in [1.29, 1.82) is 0 Å². The summed E-state index contributed by atoms with van der Waals surface area (Å²) in [5, 5.41) is 4.09.